The molecule has 0 fully saturated rings. The summed E-state index contributed by atoms with van der Waals surface area (Å²) < 4.78 is 0. The van der Waals surface area contributed by atoms with Crippen molar-refractivity contribution < 1.29 is 0 Å². The molecular weight excluding hydrogens is 542 g/mol. The van der Waals surface area contributed by atoms with E-state index >= 15 is 0 Å². The number of hydrogen-bond acceptors (Lipinski definition) is 1. The molecule has 9 rings (SSSR count). The van der Waals surface area contributed by atoms with Crippen LogP contribution >= 0.6 is 0 Å². The molecular formula is C44H35N. The lowest BCUT2D eigenvalue weighted by Gasteiger charge is -2.30. The van der Waals surface area contributed by atoms with Crippen LogP contribution in [0.1, 0.15) is 49.9 Å². The number of anilines is 3. The van der Waals surface area contributed by atoms with E-state index in [-0.39, 0.29) is 10.8 Å². The lowest BCUT2D eigenvalue weighted by Crippen LogP contribution is -2.17. The Kier molecular flexibility index (Phi) is 5.37. The van der Waals surface area contributed by atoms with Gasteiger partial charge in [-0.2, -0.15) is 0 Å². The first-order valence-electron chi connectivity index (χ1n) is 16.0. The van der Waals surface area contributed by atoms with Crippen molar-refractivity contribution in [3.8, 4) is 22.3 Å². The van der Waals surface area contributed by atoms with Gasteiger partial charge in [-0.25, -0.2) is 0 Å². The molecule has 2 aliphatic rings. The third kappa shape index (κ3) is 3.68. The summed E-state index contributed by atoms with van der Waals surface area (Å²) in [5.74, 6) is 0. The third-order valence-corrected chi connectivity index (χ3v) is 10.6. The van der Waals surface area contributed by atoms with Gasteiger partial charge in [-0.05, 0) is 103 Å². The highest BCUT2D eigenvalue weighted by Crippen LogP contribution is 2.54. The van der Waals surface area contributed by atoms with Crippen molar-refractivity contribution in [2.75, 3.05) is 4.90 Å². The van der Waals surface area contributed by atoms with E-state index in [2.05, 4.69) is 172 Å². The van der Waals surface area contributed by atoms with Crippen LogP contribution < -0.4 is 4.90 Å². The molecule has 2 aliphatic carbocycles. The van der Waals surface area contributed by atoms with Crippen LogP contribution in [0, 0.1) is 0 Å². The van der Waals surface area contributed by atoms with E-state index in [9.17, 15) is 0 Å². The van der Waals surface area contributed by atoms with Gasteiger partial charge in [0.05, 0.1) is 5.69 Å². The van der Waals surface area contributed by atoms with Gasteiger partial charge in [0, 0.05) is 27.6 Å². The summed E-state index contributed by atoms with van der Waals surface area (Å²) in [7, 11) is 0. The Morgan fingerprint density at radius 1 is 0.378 bits per heavy atom. The van der Waals surface area contributed by atoms with Gasteiger partial charge < -0.3 is 4.90 Å². The minimum atomic E-state index is -0.0751. The molecule has 7 aromatic carbocycles. The van der Waals surface area contributed by atoms with Crippen molar-refractivity contribution in [2.45, 2.75) is 38.5 Å². The van der Waals surface area contributed by atoms with Crippen molar-refractivity contribution in [3.05, 3.63) is 162 Å². The lowest BCUT2D eigenvalue weighted by atomic mass is 9.82. The molecule has 0 saturated heterocycles. The summed E-state index contributed by atoms with van der Waals surface area (Å²) in [5.41, 5.74) is 14.4. The molecule has 0 N–H and O–H groups in total. The van der Waals surface area contributed by atoms with Crippen LogP contribution in [-0.2, 0) is 10.8 Å². The Balaban J connectivity index is 1.29. The third-order valence-electron chi connectivity index (χ3n) is 10.6. The molecule has 1 heteroatoms. The molecule has 216 valence electrons. The topological polar surface area (TPSA) is 3.24 Å². The number of rotatable bonds is 3. The molecule has 0 radical (unpaired) electrons. The maximum absolute atomic E-state index is 2.48. The van der Waals surface area contributed by atoms with Crippen molar-refractivity contribution >= 4 is 38.6 Å². The number of benzene rings is 7. The van der Waals surface area contributed by atoms with E-state index in [1.165, 1.54) is 83.1 Å². The second-order valence-corrected chi connectivity index (χ2v) is 13.8. The van der Waals surface area contributed by atoms with Crippen LogP contribution in [-0.4, -0.2) is 0 Å². The van der Waals surface area contributed by atoms with Crippen molar-refractivity contribution in [3.63, 3.8) is 0 Å². The molecule has 0 amide bonds. The zero-order valence-electron chi connectivity index (χ0n) is 26.2. The first kappa shape index (κ1) is 26.3. The standard InChI is InChI=1S/C44H35N/c1-43(2)38-18-10-9-17-34(38)35-22-20-32(27-41(35)43)45(42-19-11-15-28-12-7-8-16-33(28)42)31-21-23-39-37(26-31)36-24-29-13-5-6-14-30(29)25-40(36)44(39,3)4/h5-27H,1-4H3. The molecule has 0 atom stereocenters. The Morgan fingerprint density at radius 2 is 0.933 bits per heavy atom. The van der Waals surface area contributed by atoms with Gasteiger partial charge in [0.2, 0.25) is 0 Å². The fraction of sp³-hybridized carbons (Fsp3) is 0.136. The number of hydrogen-bond donors (Lipinski definition) is 0. The van der Waals surface area contributed by atoms with Gasteiger partial charge in [-0.15, -0.1) is 0 Å². The Morgan fingerprint density at radius 3 is 1.76 bits per heavy atom. The zero-order chi connectivity index (χ0) is 30.5. The highest BCUT2D eigenvalue weighted by Gasteiger charge is 2.38. The van der Waals surface area contributed by atoms with Gasteiger partial charge in [0.15, 0.2) is 0 Å². The van der Waals surface area contributed by atoms with E-state index in [1.807, 2.05) is 0 Å². The maximum atomic E-state index is 2.48. The van der Waals surface area contributed by atoms with Gasteiger partial charge >= 0.3 is 0 Å². The monoisotopic (exact) mass is 577 g/mol. The normalized spacial score (nSPS) is 15.0. The first-order chi connectivity index (χ1) is 21.8. The smallest absolute Gasteiger partial charge is 0.0540 e. The van der Waals surface area contributed by atoms with Crippen LogP contribution in [0.15, 0.2) is 140 Å². The molecule has 0 aliphatic heterocycles. The predicted octanol–water partition coefficient (Wildman–Crippen LogP) is 12.1. The minimum Gasteiger partial charge on any atom is -0.310 e. The maximum Gasteiger partial charge on any atom is 0.0540 e. The Hall–Kier alpha value is -5.14. The van der Waals surface area contributed by atoms with Crippen molar-refractivity contribution in [2.24, 2.45) is 0 Å². The van der Waals surface area contributed by atoms with Crippen LogP contribution in [0.4, 0.5) is 17.1 Å². The Bertz CT molecular complexity index is 2330. The van der Waals surface area contributed by atoms with E-state index < -0.39 is 0 Å². The fourth-order valence-electron chi connectivity index (χ4n) is 8.23. The van der Waals surface area contributed by atoms with Crippen LogP contribution in [0.2, 0.25) is 0 Å². The summed E-state index contributed by atoms with van der Waals surface area (Å²) >= 11 is 0. The highest BCUT2D eigenvalue weighted by molar-refractivity contribution is 6.01. The van der Waals surface area contributed by atoms with Gasteiger partial charge in [0.25, 0.3) is 0 Å². The Labute approximate surface area is 265 Å². The van der Waals surface area contributed by atoms with E-state index in [4.69, 9.17) is 0 Å². The van der Waals surface area contributed by atoms with E-state index in [1.54, 1.807) is 0 Å². The highest BCUT2D eigenvalue weighted by atomic mass is 15.1. The SMILES string of the molecule is CC1(C)c2ccccc2-c2ccc(N(c3ccc4c(c3)-c3cc5ccccc5cc3C4(C)C)c3cccc4ccccc34)cc21. The molecule has 1 nitrogen and oxygen atoms in total. The predicted molar refractivity (Wildman–Crippen MR) is 191 cm³/mol. The fourth-order valence-corrected chi connectivity index (χ4v) is 8.23. The van der Waals surface area contributed by atoms with E-state index in [0.29, 0.717) is 0 Å². The molecule has 0 spiro atoms. The summed E-state index contributed by atoms with van der Waals surface area (Å²) in [4.78, 5) is 2.48. The molecule has 0 bridgehead atoms. The second-order valence-electron chi connectivity index (χ2n) is 13.8. The number of fused-ring (bicyclic) bond motifs is 8. The first-order valence-corrected chi connectivity index (χ1v) is 16.0. The zero-order valence-corrected chi connectivity index (χ0v) is 26.2. The van der Waals surface area contributed by atoms with Gasteiger partial charge in [-0.3, -0.25) is 0 Å². The van der Waals surface area contributed by atoms with Crippen molar-refractivity contribution in [1.82, 2.24) is 0 Å². The number of nitrogens with zero attached hydrogens (tertiary/aromatic N) is 1. The van der Waals surface area contributed by atoms with Crippen LogP contribution in [0.5, 0.6) is 0 Å². The quantitative estimate of drug-likeness (QED) is 0.202. The summed E-state index contributed by atoms with van der Waals surface area (Å²) in [6, 6.07) is 52.1. The van der Waals surface area contributed by atoms with Gasteiger partial charge in [0.1, 0.15) is 0 Å². The van der Waals surface area contributed by atoms with Crippen LogP contribution in [0.3, 0.4) is 0 Å². The average molecular weight is 578 g/mol. The molecule has 0 aromatic heterocycles. The molecule has 0 heterocycles. The largest absolute Gasteiger partial charge is 0.310 e. The van der Waals surface area contributed by atoms with E-state index in [0.717, 1.165) is 0 Å². The minimum absolute atomic E-state index is 0.0686. The molecule has 7 aromatic rings. The molecule has 0 unspecified atom stereocenters. The lowest BCUT2D eigenvalue weighted by molar-refractivity contribution is 0.660. The summed E-state index contributed by atoms with van der Waals surface area (Å²) in [5, 5.41) is 5.08. The van der Waals surface area contributed by atoms with Gasteiger partial charge in [-0.1, -0.05) is 125 Å². The van der Waals surface area contributed by atoms with Crippen LogP contribution in [0.25, 0.3) is 43.8 Å². The molecule has 45 heavy (non-hydrogen) atoms. The summed E-state index contributed by atoms with van der Waals surface area (Å²) in [6.45, 7) is 9.47. The van der Waals surface area contributed by atoms with Crippen molar-refractivity contribution in [1.29, 1.82) is 0 Å². The molecule has 0 saturated carbocycles. The average Bonchev–Trinajstić information content (AvgIpc) is 3.43. The summed E-state index contributed by atoms with van der Waals surface area (Å²) in [6.07, 6.45) is 0. The second kappa shape index (κ2) is 9.19.